The zero-order chi connectivity index (χ0) is 15.2. The summed E-state index contributed by atoms with van der Waals surface area (Å²) >= 11 is 0. The Labute approximate surface area is 122 Å². The third kappa shape index (κ3) is 5.24. The van der Waals surface area contributed by atoms with E-state index in [9.17, 15) is 9.90 Å². The van der Waals surface area contributed by atoms with Gasteiger partial charge >= 0.3 is 5.97 Å². The second-order valence-electron chi connectivity index (χ2n) is 6.33. The fraction of sp³-hybridized carbons (Fsp3) is 0.588. The van der Waals surface area contributed by atoms with Gasteiger partial charge in [0.05, 0.1) is 5.56 Å². The summed E-state index contributed by atoms with van der Waals surface area (Å²) in [5, 5.41) is 12.5. The van der Waals surface area contributed by atoms with Crippen molar-refractivity contribution >= 4 is 11.7 Å². The van der Waals surface area contributed by atoms with Gasteiger partial charge in [-0.2, -0.15) is 0 Å². The zero-order valence-corrected chi connectivity index (χ0v) is 13.1. The van der Waals surface area contributed by atoms with Gasteiger partial charge in [-0.3, -0.25) is 0 Å². The molecule has 3 nitrogen and oxygen atoms in total. The summed E-state index contributed by atoms with van der Waals surface area (Å²) in [4.78, 5) is 11.2. The Morgan fingerprint density at radius 2 is 2.00 bits per heavy atom. The SMILES string of the molecule is CCCCCC(C)(C)CNc1cc(C)ccc1C(=O)O. The molecule has 0 aliphatic carbocycles. The predicted octanol–water partition coefficient (Wildman–Crippen LogP) is 4.71. The molecule has 0 unspecified atom stereocenters. The van der Waals surface area contributed by atoms with E-state index >= 15 is 0 Å². The fourth-order valence-corrected chi connectivity index (χ4v) is 2.27. The minimum atomic E-state index is -0.878. The average molecular weight is 277 g/mol. The van der Waals surface area contributed by atoms with Gasteiger partial charge in [0.15, 0.2) is 0 Å². The molecule has 1 aromatic rings. The molecule has 0 heterocycles. The molecule has 2 N–H and O–H groups in total. The maximum absolute atomic E-state index is 11.2. The van der Waals surface area contributed by atoms with Crippen LogP contribution < -0.4 is 5.32 Å². The van der Waals surface area contributed by atoms with Gasteiger partial charge in [0, 0.05) is 12.2 Å². The van der Waals surface area contributed by atoms with Crippen LogP contribution in [-0.2, 0) is 0 Å². The van der Waals surface area contributed by atoms with Crippen molar-refractivity contribution in [2.45, 2.75) is 53.4 Å². The first-order valence-electron chi connectivity index (χ1n) is 7.43. The third-order valence-corrected chi connectivity index (χ3v) is 3.62. The van der Waals surface area contributed by atoms with Crippen LogP contribution in [0.2, 0.25) is 0 Å². The molecular formula is C17H27NO2. The molecular weight excluding hydrogens is 250 g/mol. The van der Waals surface area contributed by atoms with Gasteiger partial charge in [0.25, 0.3) is 0 Å². The number of anilines is 1. The van der Waals surface area contributed by atoms with Crippen molar-refractivity contribution in [2.75, 3.05) is 11.9 Å². The highest BCUT2D eigenvalue weighted by molar-refractivity contribution is 5.94. The Bertz CT molecular complexity index is 452. The van der Waals surface area contributed by atoms with Crippen molar-refractivity contribution in [2.24, 2.45) is 5.41 Å². The second kappa shape index (κ2) is 7.32. The number of carboxylic acids is 1. The zero-order valence-electron chi connectivity index (χ0n) is 13.1. The lowest BCUT2D eigenvalue weighted by atomic mass is 9.86. The van der Waals surface area contributed by atoms with Crippen molar-refractivity contribution in [3.8, 4) is 0 Å². The monoisotopic (exact) mass is 277 g/mol. The van der Waals surface area contributed by atoms with Crippen LogP contribution in [0.3, 0.4) is 0 Å². The first-order chi connectivity index (χ1) is 9.35. The van der Waals surface area contributed by atoms with Crippen LogP contribution in [0.5, 0.6) is 0 Å². The Balaban J connectivity index is 2.68. The van der Waals surface area contributed by atoms with Crippen LogP contribution in [-0.4, -0.2) is 17.6 Å². The molecule has 0 fully saturated rings. The number of carbonyl (C=O) groups is 1. The Kier molecular flexibility index (Phi) is 6.05. The number of aromatic carboxylic acids is 1. The van der Waals surface area contributed by atoms with Gasteiger partial charge in [-0.1, -0.05) is 46.1 Å². The lowest BCUT2D eigenvalue weighted by Gasteiger charge is -2.26. The number of carboxylic acid groups (broad SMARTS) is 1. The van der Waals surface area contributed by atoms with E-state index in [2.05, 4.69) is 26.1 Å². The van der Waals surface area contributed by atoms with Crippen molar-refractivity contribution in [1.29, 1.82) is 0 Å². The van der Waals surface area contributed by atoms with E-state index in [1.807, 2.05) is 19.1 Å². The van der Waals surface area contributed by atoms with Gasteiger partial charge in [-0.15, -0.1) is 0 Å². The molecule has 20 heavy (non-hydrogen) atoms. The first kappa shape index (κ1) is 16.5. The first-order valence-corrected chi connectivity index (χ1v) is 7.43. The van der Waals surface area contributed by atoms with Gasteiger partial charge in [-0.05, 0) is 36.5 Å². The van der Waals surface area contributed by atoms with Crippen molar-refractivity contribution in [3.63, 3.8) is 0 Å². The van der Waals surface area contributed by atoms with Crippen LogP contribution in [0.25, 0.3) is 0 Å². The summed E-state index contributed by atoms with van der Waals surface area (Å²) in [6.07, 6.45) is 4.87. The molecule has 112 valence electrons. The molecule has 0 aromatic heterocycles. The molecule has 0 aliphatic rings. The minimum Gasteiger partial charge on any atom is -0.478 e. The van der Waals surface area contributed by atoms with Crippen LogP contribution in [0.15, 0.2) is 18.2 Å². The van der Waals surface area contributed by atoms with E-state index in [-0.39, 0.29) is 5.41 Å². The van der Waals surface area contributed by atoms with E-state index in [1.165, 1.54) is 19.3 Å². The Morgan fingerprint density at radius 3 is 2.60 bits per heavy atom. The summed E-state index contributed by atoms with van der Waals surface area (Å²) in [5.74, 6) is -0.878. The highest BCUT2D eigenvalue weighted by atomic mass is 16.4. The predicted molar refractivity (Wildman–Crippen MR) is 84.6 cm³/mol. The van der Waals surface area contributed by atoms with Crippen LogP contribution in [0, 0.1) is 12.3 Å². The highest BCUT2D eigenvalue weighted by Crippen LogP contribution is 2.26. The Hall–Kier alpha value is -1.51. The van der Waals surface area contributed by atoms with Crippen molar-refractivity contribution in [1.82, 2.24) is 0 Å². The summed E-state index contributed by atoms with van der Waals surface area (Å²) < 4.78 is 0. The Morgan fingerprint density at radius 1 is 1.30 bits per heavy atom. The van der Waals surface area contributed by atoms with Crippen LogP contribution in [0.4, 0.5) is 5.69 Å². The highest BCUT2D eigenvalue weighted by Gasteiger charge is 2.18. The third-order valence-electron chi connectivity index (χ3n) is 3.62. The molecule has 0 bridgehead atoms. The fourth-order valence-electron chi connectivity index (χ4n) is 2.27. The van der Waals surface area contributed by atoms with E-state index < -0.39 is 5.97 Å². The number of nitrogens with one attached hydrogen (secondary N) is 1. The molecule has 0 atom stereocenters. The molecule has 0 saturated heterocycles. The summed E-state index contributed by atoms with van der Waals surface area (Å²) in [7, 11) is 0. The van der Waals surface area contributed by atoms with Gasteiger partial charge in [0.1, 0.15) is 0 Å². The topological polar surface area (TPSA) is 49.3 Å². The molecule has 0 radical (unpaired) electrons. The lowest BCUT2D eigenvalue weighted by Crippen LogP contribution is -2.24. The van der Waals surface area contributed by atoms with Gasteiger partial charge < -0.3 is 10.4 Å². The minimum absolute atomic E-state index is 0.175. The standard InChI is InChI=1S/C17H27NO2/c1-5-6-7-10-17(3,4)12-18-15-11-13(2)8-9-14(15)16(19)20/h8-9,11,18H,5-7,10,12H2,1-4H3,(H,19,20). The normalized spacial score (nSPS) is 11.4. The number of unbranched alkanes of at least 4 members (excludes halogenated alkanes) is 2. The maximum atomic E-state index is 11.2. The van der Waals surface area contributed by atoms with Crippen LogP contribution in [0.1, 0.15) is 62.4 Å². The average Bonchev–Trinajstić information content (AvgIpc) is 2.36. The van der Waals surface area contributed by atoms with E-state index in [1.54, 1.807) is 6.07 Å². The largest absolute Gasteiger partial charge is 0.478 e. The molecule has 0 aliphatic heterocycles. The van der Waals surface area contributed by atoms with Crippen molar-refractivity contribution < 1.29 is 9.90 Å². The molecule has 0 amide bonds. The number of rotatable bonds is 8. The van der Waals surface area contributed by atoms with Gasteiger partial charge in [-0.25, -0.2) is 4.79 Å². The molecule has 3 heteroatoms. The smallest absolute Gasteiger partial charge is 0.337 e. The number of hydrogen-bond acceptors (Lipinski definition) is 2. The van der Waals surface area contributed by atoms with E-state index in [0.717, 1.165) is 24.2 Å². The van der Waals surface area contributed by atoms with Gasteiger partial charge in [0.2, 0.25) is 0 Å². The number of benzene rings is 1. The van der Waals surface area contributed by atoms with E-state index in [4.69, 9.17) is 0 Å². The molecule has 0 saturated carbocycles. The van der Waals surface area contributed by atoms with Crippen molar-refractivity contribution in [3.05, 3.63) is 29.3 Å². The maximum Gasteiger partial charge on any atom is 0.337 e. The lowest BCUT2D eigenvalue weighted by molar-refractivity contribution is 0.0698. The molecule has 1 aromatic carbocycles. The van der Waals surface area contributed by atoms with Crippen LogP contribution >= 0.6 is 0 Å². The molecule has 0 spiro atoms. The summed E-state index contributed by atoms with van der Waals surface area (Å²) in [6.45, 7) is 9.43. The number of hydrogen-bond donors (Lipinski definition) is 2. The van der Waals surface area contributed by atoms with E-state index in [0.29, 0.717) is 5.56 Å². The number of aryl methyl sites for hydroxylation is 1. The second-order valence-corrected chi connectivity index (χ2v) is 6.33. The molecule has 1 rings (SSSR count). The summed E-state index contributed by atoms with van der Waals surface area (Å²) in [6, 6.07) is 5.41. The summed E-state index contributed by atoms with van der Waals surface area (Å²) in [5.41, 5.74) is 2.32. The quantitative estimate of drug-likeness (QED) is 0.676.